The third-order valence-corrected chi connectivity index (χ3v) is 3.28. The lowest BCUT2D eigenvalue weighted by Crippen LogP contribution is -2.10. The molecule has 112 valence electrons. The van der Waals surface area contributed by atoms with Crippen LogP contribution in [0.5, 0.6) is 0 Å². The summed E-state index contributed by atoms with van der Waals surface area (Å²) in [6.07, 6.45) is 2.68. The molecular formula is C17H24N4. The molecule has 4 nitrogen and oxygen atoms in total. The molecule has 4 heteroatoms. The largest absolute Gasteiger partial charge is 0.370 e. The van der Waals surface area contributed by atoms with E-state index in [9.17, 15) is 0 Å². The molecule has 0 aliphatic carbocycles. The van der Waals surface area contributed by atoms with Crippen LogP contribution in [-0.2, 0) is 0 Å². The first kappa shape index (κ1) is 15.3. The first-order valence-electron chi connectivity index (χ1n) is 7.54. The monoisotopic (exact) mass is 284 g/mol. The Hall–Kier alpha value is -2.10. The van der Waals surface area contributed by atoms with Crippen molar-refractivity contribution in [3.05, 3.63) is 41.7 Å². The number of hydrogen-bond acceptors (Lipinski definition) is 4. The molecular weight excluding hydrogens is 260 g/mol. The quantitative estimate of drug-likeness (QED) is 0.821. The molecule has 21 heavy (non-hydrogen) atoms. The fourth-order valence-electron chi connectivity index (χ4n) is 2.29. The van der Waals surface area contributed by atoms with E-state index in [-0.39, 0.29) is 0 Å². The number of nitrogens with zero attached hydrogens (tertiary/aromatic N) is 2. The lowest BCUT2D eigenvalue weighted by molar-refractivity contribution is 0.844. The lowest BCUT2D eigenvalue weighted by Gasteiger charge is -2.18. The molecule has 0 bridgehead atoms. The van der Waals surface area contributed by atoms with E-state index in [0.29, 0.717) is 5.92 Å². The van der Waals surface area contributed by atoms with Crippen LogP contribution in [0.15, 0.2) is 30.6 Å². The van der Waals surface area contributed by atoms with Crippen molar-refractivity contribution in [1.29, 1.82) is 0 Å². The van der Waals surface area contributed by atoms with Crippen molar-refractivity contribution in [2.75, 3.05) is 17.2 Å². The van der Waals surface area contributed by atoms with Gasteiger partial charge in [-0.1, -0.05) is 32.9 Å². The first-order valence-corrected chi connectivity index (χ1v) is 7.54. The minimum atomic E-state index is 0.345. The number of nitrogens with one attached hydrogen (secondary N) is 2. The second kappa shape index (κ2) is 7.07. The number of rotatable bonds is 6. The number of anilines is 3. The molecule has 1 aromatic heterocycles. The molecule has 0 unspecified atom stereocenters. The van der Waals surface area contributed by atoms with Crippen molar-refractivity contribution in [2.24, 2.45) is 0 Å². The zero-order valence-corrected chi connectivity index (χ0v) is 13.3. The van der Waals surface area contributed by atoms with Gasteiger partial charge in [0, 0.05) is 17.8 Å². The van der Waals surface area contributed by atoms with E-state index >= 15 is 0 Å². The van der Waals surface area contributed by atoms with Crippen LogP contribution in [0.4, 0.5) is 17.3 Å². The fraction of sp³-hybridized carbons (Fsp3) is 0.412. The van der Waals surface area contributed by atoms with Gasteiger partial charge in [0.05, 0.1) is 0 Å². The fourth-order valence-corrected chi connectivity index (χ4v) is 2.29. The van der Waals surface area contributed by atoms with Crippen molar-refractivity contribution in [3.63, 3.8) is 0 Å². The molecule has 0 saturated carbocycles. The van der Waals surface area contributed by atoms with Crippen LogP contribution in [0.2, 0.25) is 0 Å². The molecule has 0 aliphatic heterocycles. The van der Waals surface area contributed by atoms with Crippen molar-refractivity contribution in [3.8, 4) is 0 Å². The predicted molar refractivity (Wildman–Crippen MR) is 89.4 cm³/mol. The van der Waals surface area contributed by atoms with Gasteiger partial charge in [0.1, 0.15) is 18.0 Å². The molecule has 0 fully saturated rings. The summed E-state index contributed by atoms with van der Waals surface area (Å²) in [5.41, 5.74) is 3.41. The molecule has 1 aromatic carbocycles. The van der Waals surface area contributed by atoms with Gasteiger partial charge in [-0.15, -0.1) is 0 Å². The average molecular weight is 284 g/mol. The predicted octanol–water partition coefficient (Wildman–Crippen LogP) is 4.47. The van der Waals surface area contributed by atoms with Gasteiger partial charge in [0.2, 0.25) is 0 Å². The SMILES string of the molecule is CCCNc1ncnc(Nc2cccc(C)c2)c1C(C)C. The average Bonchev–Trinajstić information content (AvgIpc) is 2.45. The number of aromatic nitrogens is 2. The molecule has 0 spiro atoms. The molecule has 0 aliphatic rings. The summed E-state index contributed by atoms with van der Waals surface area (Å²) < 4.78 is 0. The maximum Gasteiger partial charge on any atom is 0.139 e. The summed E-state index contributed by atoms with van der Waals surface area (Å²) in [7, 11) is 0. The molecule has 1 heterocycles. The maximum absolute atomic E-state index is 4.43. The Bertz CT molecular complexity index is 593. The zero-order valence-electron chi connectivity index (χ0n) is 13.3. The van der Waals surface area contributed by atoms with Crippen LogP contribution in [0.3, 0.4) is 0 Å². The Morgan fingerprint density at radius 1 is 1.14 bits per heavy atom. The van der Waals surface area contributed by atoms with Gasteiger partial charge in [-0.2, -0.15) is 0 Å². The standard InChI is InChI=1S/C17H24N4/c1-5-9-18-16-15(12(2)3)17(20-11-19-16)21-14-8-6-7-13(4)10-14/h6-8,10-12H,5,9H2,1-4H3,(H2,18,19,20,21). The lowest BCUT2D eigenvalue weighted by atomic mass is 10.0. The minimum Gasteiger partial charge on any atom is -0.370 e. The van der Waals surface area contributed by atoms with Crippen LogP contribution in [0, 0.1) is 6.92 Å². The third-order valence-electron chi connectivity index (χ3n) is 3.28. The van der Waals surface area contributed by atoms with Crippen LogP contribution in [-0.4, -0.2) is 16.5 Å². The van der Waals surface area contributed by atoms with Crippen LogP contribution in [0.25, 0.3) is 0 Å². The third kappa shape index (κ3) is 3.94. The number of hydrogen-bond donors (Lipinski definition) is 2. The Morgan fingerprint density at radius 2 is 1.90 bits per heavy atom. The van der Waals surface area contributed by atoms with Gasteiger partial charge in [-0.3, -0.25) is 0 Å². The maximum atomic E-state index is 4.43. The molecule has 0 atom stereocenters. The Labute approximate surface area is 127 Å². The summed E-state index contributed by atoms with van der Waals surface area (Å²) >= 11 is 0. The zero-order chi connectivity index (χ0) is 15.2. The molecule has 2 rings (SSSR count). The molecule has 0 saturated heterocycles. The highest BCUT2D eigenvalue weighted by Crippen LogP contribution is 2.30. The van der Waals surface area contributed by atoms with E-state index in [2.05, 4.69) is 66.5 Å². The van der Waals surface area contributed by atoms with E-state index in [1.807, 2.05) is 6.07 Å². The van der Waals surface area contributed by atoms with Gasteiger partial charge in [-0.25, -0.2) is 9.97 Å². The topological polar surface area (TPSA) is 49.8 Å². The van der Waals surface area contributed by atoms with Crippen molar-refractivity contribution < 1.29 is 0 Å². The Kier molecular flexibility index (Phi) is 5.14. The first-order chi connectivity index (χ1) is 10.1. The van der Waals surface area contributed by atoms with Crippen LogP contribution < -0.4 is 10.6 Å². The van der Waals surface area contributed by atoms with Crippen molar-refractivity contribution in [2.45, 2.75) is 40.0 Å². The summed E-state index contributed by atoms with van der Waals surface area (Å²) in [6.45, 7) is 9.48. The number of benzene rings is 1. The highest BCUT2D eigenvalue weighted by molar-refractivity contribution is 5.66. The highest BCUT2D eigenvalue weighted by atomic mass is 15.1. The van der Waals surface area contributed by atoms with Gasteiger partial charge in [0.15, 0.2) is 0 Å². The smallest absolute Gasteiger partial charge is 0.139 e. The van der Waals surface area contributed by atoms with Gasteiger partial charge >= 0.3 is 0 Å². The normalized spacial score (nSPS) is 10.7. The van der Waals surface area contributed by atoms with Gasteiger partial charge in [-0.05, 0) is 37.0 Å². The van der Waals surface area contributed by atoms with Gasteiger partial charge < -0.3 is 10.6 Å². The second-order valence-corrected chi connectivity index (χ2v) is 5.56. The Balaban J connectivity index is 2.33. The molecule has 0 radical (unpaired) electrons. The summed E-state index contributed by atoms with van der Waals surface area (Å²) in [4.78, 5) is 8.83. The molecule has 2 aromatic rings. The molecule has 0 amide bonds. The van der Waals surface area contributed by atoms with Crippen LogP contribution >= 0.6 is 0 Å². The van der Waals surface area contributed by atoms with E-state index < -0.39 is 0 Å². The highest BCUT2D eigenvalue weighted by Gasteiger charge is 2.14. The van der Waals surface area contributed by atoms with E-state index in [0.717, 1.165) is 35.9 Å². The summed E-state index contributed by atoms with van der Waals surface area (Å²) in [6, 6.07) is 8.30. The van der Waals surface area contributed by atoms with E-state index in [1.54, 1.807) is 6.33 Å². The number of aryl methyl sites for hydroxylation is 1. The van der Waals surface area contributed by atoms with Gasteiger partial charge in [0.25, 0.3) is 0 Å². The Morgan fingerprint density at radius 3 is 2.57 bits per heavy atom. The second-order valence-electron chi connectivity index (χ2n) is 5.56. The minimum absolute atomic E-state index is 0.345. The van der Waals surface area contributed by atoms with Crippen LogP contribution in [0.1, 0.15) is 44.2 Å². The molecule has 2 N–H and O–H groups in total. The van der Waals surface area contributed by atoms with Crippen molar-refractivity contribution >= 4 is 17.3 Å². The van der Waals surface area contributed by atoms with E-state index in [1.165, 1.54) is 5.56 Å². The van der Waals surface area contributed by atoms with E-state index in [4.69, 9.17) is 0 Å². The van der Waals surface area contributed by atoms with Crippen molar-refractivity contribution in [1.82, 2.24) is 9.97 Å². The summed E-state index contributed by atoms with van der Waals surface area (Å²) in [5, 5.41) is 6.81. The summed E-state index contributed by atoms with van der Waals surface area (Å²) in [5.74, 6) is 2.15.